The van der Waals surface area contributed by atoms with E-state index in [1.165, 1.54) is 12.1 Å². The second-order valence-corrected chi connectivity index (χ2v) is 5.83. The smallest absolute Gasteiger partial charge is 0.254 e. The monoisotopic (exact) mass is 338 g/mol. The van der Waals surface area contributed by atoms with E-state index in [0.717, 1.165) is 11.3 Å². The van der Waals surface area contributed by atoms with Crippen LogP contribution in [0.25, 0.3) is 0 Å². The van der Waals surface area contributed by atoms with E-state index in [4.69, 9.17) is 9.26 Å². The van der Waals surface area contributed by atoms with Crippen molar-refractivity contribution in [1.29, 1.82) is 0 Å². The van der Waals surface area contributed by atoms with E-state index in [1.54, 1.807) is 47.5 Å². The summed E-state index contributed by atoms with van der Waals surface area (Å²) < 4.78 is 23.8. The van der Waals surface area contributed by atoms with Crippen LogP contribution in [-0.4, -0.2) is 22.5 Å². The summed E-state index contributed by atoms with van der Waals surface area (Å²) in [5.41, 5.74) is 1.48. The quantitative estimate of drug-likeness (QED) is 0.729. The molecule has 126 valence electrons. The normalized spacial score (nSPS) is 13.4. The highest BCUT2D eigenvalue weighted by molar-refractivity contribution is 5.94. The molecule has 3 aromatic rings. The first-order valence-corrected chi connectivity index (χ1v) is 7.94. The van der Waals surface area contributed by atoms with Gasteiger partial charge in [0.25, 0.3) is 5.91 Å². The predicted molar refractivity (Wildman–Crippen MR) is 87.9 cm³/mol. The van der Waals surface area contributed by atoms with Crippen LogP contribution in [0.4, 0.5) is 4.39 Å². The Labute approximate surface area is 143 Å². The molecule has 0 saturated heterocycles. The van der Waals surface area contributed by atoms with Crippen molar-refractivity contribution in [3.8, 4) is 11.5 Å². The molecule has 0 radical (unpaired) electrons. The van der Waals surface area contributed by atoms with E-state index in [2.05, 4.69) is 5.16 Å². The van der Waals surface area contributed by atoms with Crippen LogP contribution in [0, 0.1) is 5.82 Å². The minimum atomic E-state index is -0.325. The van der Waals surface area contributed by atoms with Crippen molar-refractivity contribution in [2.45, 2.75) is 13.0 Å². The van der Waals surface area contributed by atoms with Crippen molar-refractivity contribution in [1.82, 2.24) is 10.1 Å². The maximum Gasteiger partial charge on any atom is 0.254 e. The fourth-order valence-electron chi connectivity index (χ4n) is 2.83. The third kappa shape index (κ3) is 3.24. The number of halogens is 1. The summed E-state index contributed by atoms with van der Waals surface area (Å²) in [7, 11) is 0. The van der Waals surface area contributed by atoms with E-state index in [-0.39, 0.29) is 11.7 Å². The summed E-state index contributed by atoms with van der Waals surface area (Å²) in [5.74, 6) is 1.49. The SMILES string of the molecule is O=C(c1cccc(Oc2ccc(F)cc2)c1)N1CCc2oncc2C1. The molecule has 1 aliphatic rings. The van der Waals surface area contributed by atoms with E-state index in [0.29, 0.717) is 36.6 Å². The van der Waals surface area contributed by atoms with Crippen LogP contribution in [-0.2, 0) is 13.0 Å². The maximum atomic E-state index is 13.0. The van der Waals surface area contributed by atoms with Crippen LogP contribution in [0.1, 0.15) is 21.7 Å². The Morgan fingerprint density at radius 2 is 2.00 bits per heavy atom. The average molecular weight is 338 g/mol. The van der Waals surface area contributed by atoms with Gasteiger partial charge in [-0.05, 0) is 42.5 Å². The fourth-order valence-corrected chi connectivity index (χ4v) is 2.83. The Morgan fingerprint density at radius 1 is 1.16 bits per heavy atom. The molecule has 0 bridgehead atoms. The highest BCUT2D eigenvalue weighted by atomic mass is 19.1. The summed E-state index contributed by atoms with van der Waals surface area (Å²) >= 11 is 0. The zero-order chi connectivity index (χ0) is 17.2. The van der Waals surface area contributed by atoms with Crippen LogP contribution in [0.5, 0.6) is 11.5 Å². The molecule has 1 amide bonds. The van der Waals surface area contributed by atoms with Gasteiger partial charge in [-0.15, -0.1) is 0 Å². The zero-order valence-electron chi connectivity index (χ0n) is 13.3. The van der Waals surface area contributed by atoms with Gasteiger partial charge >= 0.3 is 0 Å². The fraction of sp³-hybridized carbons (Fsp3) is 0.158. The van der Waals surface area contributed by atoms with Crippen LogP contribution in [0.2, 0.25) is 0 Å². The Morgan fingerprint density at radius 3 is 2.84 bits per heavy atom. The molecule has 0 saturated carbocycles. The van der Waals surface area contributed by atoms with Crippen LogP contribution in [0.3, 0.4) is 0 Å². The maximum absolute atomic E-state index is 13.0. The molecule has 5 nitrogen and oxygen atoms in total. The average Bonchev–Trinajstić information content (AvgIpc) is 3.11. The van der Waals surface area contributed by atoms with Gasteiger partial charge in [0.05, 0.1) is 12.7 Å². The molecule has 4 rings (SSSR count). The van der Waals surface area contributed by atoms with Gasteiger partial charge in [0.2, 0.25) is 0 Å². The van der Waals surface area contributed by atoms with Crippen molar-refractivity contribution < 1.29 is 18.4 Å². The second-order valence-electron chi connectivity index (χ2n) is 5.83. The minimum absolute atomic E-state index is 0.0728. The number of fused-ring (bicyclic) bond motifs is 1. The van der Waals surface area contributed by atoms with Crippen LogP contribution in [0.15, 0.2) is 59.3 Å². The van der Waals surface area contributed by atoms with E-state index in [9.17, 15) is 9.18 Å². The van der Waals surface area contributed by atoms with Gasteiger partial charge in [-0.1, -0.05) is 11.2 Å². The number of benzene rings is 2. The summed E-state index contributed by atoms with van der Waals surface area (Å²) in [6, 6.07) is 12.7. The van der Waals surface area contributed by atoms with Crippen LogP contribution < -0.4 is 4.74 Å². The lowest BCUT2D eigenvalue weighted by Crippen LogP contribution is -2.35. The second kappa shape index (κ2) is 6.39. The standard InChI is InChI=1S/C19H15FN2O3/c20-15-4-6-16(7-5-15)24-17-3-1-2-13(10-17)19(23)22-9-8-18-14(12-22)11-21-25-18/h1-7,10-11H,8-9,12H2. The van der Waals surface area contributed by atoms with E-state index >= 15 is 0 Å². The van der Waals surface area contributed by atoms with E-state index in [1.807, 2.05) is 0 Å². The van der Waals surface area contributed by atoms with Crippen molar-refractivity contribution in [3.05, 3.63) is 77.4 Å². The lowest BCUT2D eigenvalue weighted by Gasteiger charge is -2.25. The largest absolute Gasteiger partial charge is 0.457 e. The molecule has 6 heteroatoms. The number of aromatic nitrogens is 1. The summed E-state index contributed by atoms with van der Waals surface area (Å²) in [5, 5.41) is 3.78. The molecule has 25 heavy (non-hydrogen) atoms. The molecule has 0 atom stereocenters. The molecule has 0 fully saturated rings. The third-order valence-corrected chi connectivity index (χ3v) is 4.12. The lowest BCUT2D eigenvalue weighted by atomic mass is 10.1. The first-order valence-electron chi connectivity index (χ1n) is 7.94. The Balaban J connectivity index is 1.51. The van der Waals surface area contributed by atoms with Gasteiger partial charge in [0.1, 0.15) is 23.1 Å². The first kappa shape index (κ1) is 15.4. The summed E-state index contributed by atoms with van der Waals surface area (Å²) in [4.78, 5) is 14.5. The van der Waals surface area contributed by atoms with E-state index < -0.39 is 0 Å². The van der Waals surface area contributed by atoms with Gasteiger partial charge in [0.15, 0.2) is 0 Å². The highest BCUT2D eigenvalue weighted by Gasteiger charge is 2.24. The topological polar surface area (TPSA) is 55.6 Å². The van der Waals surface area contributed by atoms with Crippen molar-refractivity contribution in [2.24, 2.45) is 0 Å². The summed E-state index contributed by atoms with van der Waals surface area (Å²) in [6.07, 6.45) is 2.32. The Hall–Kier alpha value is -3.15. The molecule has 0 N–H and O–H groups in total. The molecule has 0 aliphatic carbocycles. The zero-order valence-corrected chi connectivity index (χ0v) is 13.3. The molecule has 1 aromatic heterocycles. The van der Waals surface area contributed by atoms with Gasteiger partial charge in [-0.25, -0.2) is 4.39 Å². The Kier molecular flexibility index (Phi) is 3.93. The first-order chi connectivity index (χ1) is 12.2. The predicted octanol–water partition coefficient (Wildman–Crippen LogP) is 3.80. The lowest BCUT2D eigenvalue weighted by molar-refractivity contribution is 0.0728. The van der Waals surface area contributed by atoms with Crippen LogP contribution >= 0.6 is 0 Å². The molecular formula is C19H15FN2O3. The molecule has 0 unspecified atom stereocenters. The number of carbonyl (C=O) groups is 1. The minimum Gasteiger partial charge on any atom is -0.457 e. The molecule has 2 aromatic carbocycles. The van der Waals surface area contributed by atoms with Crippen molar-refractivity contribution >= 4 is 5.91 Å². The van der Waals surface area contributed by atoms with Crippen molar-refractivity contribution in [2.75, 3.05) is 6.54 Å². The number of amides is 1. The van der Waals surface area contributed by atoms with Gasteiger partial charge in [-0.3, -0.25) is 4.79 Å². The summed E-state index contributed by atoms with van der Waals surface area (Å²) in [6.45, 7) is 1.07. The van der Waals surface area contributed by atoms with Gasteiger partial charge < -0.3 is 14.2 Å². The Bertz CT molecular complexity index is 905. The molecule has 0 spiro atoms. The van der Waals surface area contributed by atoms with Crippen molar-refractivity contribution in [3.63, 3.8) is 0 Å². The third-order valence-electron chi connectivity index (χ3n) is 4.12. The number of nitrogens with zero attached hydrogens (tertiary/aromatic N) is 2. The number of hydrogen-bond acceptors (Lipinski definition) is 4. The number of rotatable bonds is 3. The highest BCUT2D eigenvalue weighted by Crippen LogP contribution is 2.25. The number of ether oxygens (including phenoxy) is 1. The molecule has 2 heterocycles. The molecular weight excluding hydrogens is 323 g/mol. The number of hydrogen-bond donors (Lipinski definition) is 0. The molecule has 1 aliphatic heterocycles. The van der Waals surface area contributed by atoms with Gasteiger partial charge in [0, 0.05) is 24.1 Å². The number of carbonyl (C=O) groups excluding carboxylic acids is 1. The van der Waals surface area contributed by atoms with Gasteiger partial charge in [-0.2, -0.15) is 0 Å².